The van der Waals surface area contributed by atoms with E-state index in [2.05, 4.69) is 23.2 Å². The van der Waals surface area contributed by atoms with Crippen molar-refractivity contribution in [2.45, 2.75) is 32.8 Å². The molecule has 0 N–H and O–H groups in total. The number of benzene rings is 2. The fourth-order valence-electron chi connectivity index (χ4n) is 2.75. The molecule has 0 atom stereocenters. The molecule has 0 amide bonds. The Morgan fingerprint density at radius 1 is 1.04 bits per heavy atom. The maximum atomic E-state index is 11.7. The smallest absolute Gasteiger partial charge is 0.367 e. The molecule has 0 aliphatic rings. The van der Waals surface area contributed by atoms with Crippen molar-refractivity contribution in [2.24, 2.45) is 0 Å². The monoisotopic (exact) mass is 381 g/mol. The number of carbonyl (C=O) groups is 1. The number of esters is 1. The first-order valence-electron chi connectivity index (χ1n) is 9.12. The summed E-state index contributed by atoms with van der Waals surface area (Å²) in [6.07, 6.45) is 2.66. The molecule has 1 aromatic heterocycles. The summed E-state index contributed by atoms with van der Waals surface area (Å²) < 4.78 is 11.0. The Morgan fingerprint density at radius 3 is 2.63 bits per heavy atom. The van der Waals surface area contributed by atoms with E-state index in [4.69, 9.17) is 9.47 Å². The minimum absolute atomic E-state index is 0.339. The van der Waals surface area contributed by atoms with Crippen LogP contribution in [-0.4, -0.2) is 17.6 Å². The van der Waals surface area contributed by atoms with Crippen molar-refractivity contribution in [3.8, 4) is 5.75 Å². The number of para-hydroxylation sites is 1. The molecular formula is C22H23NO3S. The Balaban J connectivity index is 1.53. The van der Waals surface area contributed by atoms with Crippen molar-refractivity contribution in [1.29, 1.82) is 0 Å². The first-order valence-corrected chi connectivity index (χ1v) is 10.0. The zero-order valence-electron chi connectivity index (χ0n) is 15.4. The summed E-state index contributed by atoms with van der Waals surface area (Å²) in [5.41, 5.74) is 3.28. The Labute approximate surface area is 163 Å². The SMILES string of the molecule is CCOC(=O)c1nc(CCCc2ccccc2OCc2ccccc2)cs1. The Bertz CT molecular complexity index is 861. The van der Waals surface area contributed by atoms with Crippen LogP contribution in [0.25, 0.3) is 0 Å². The molecule has 0 saturated heterocycles. The van der Waals surface area contributed by atoms with Gasteiger partial charge in [0.15, 0.2) is 0 Å². The van der Waals surface area contributed by atoms with Crippen LogP contribution in [0.5, 0.6) is 5.75 Å². The molecule has 27 heavy (non-hydrogen) atoms. The molecule has 5 heteroatoms. The molecule has 0 aliphatic carbocycles. The lowest BCUT2D eigenvalue weighted by Crippen LogP contribution is -2.04. The lowest BCUT2D eigenvalue weighted by Gasteiger charge is -2.11. The van der Waals surface area contributed by atoms with Gasteiger partial charge in [0.05, 0.1) is 12.3 Å². The van der Waals surface area contributed by atoms with Gasteiger partial charge in [0.2, 0.25) is 5.01 Å². The first-order chi connectivity index (χ1) is 13.3. The topological polar surface area (TPSA) is 48.4 Å². The lowest BCUT2D eigenvalue weighted by atomic mass is 10.1. The molecule has 0 unspecified atom stereocenters. The fraction of sp³-hybridized carbons (Fsp3) is 0.273. The molecular weight excluding hydrogens is 358 g/mol. The van der Waals surface area contributed by atoms with Gasteiger partial charge >= 0.3 is 5.97 Å². The number of nitrogens with zero attached hydrogens (tertiary/aromatic N) is 1. The average Bonchev–Trinajstić information content (AvgIpc) is 3.17. The van der Waals surface area contributed by atoms with E-state index in [-0.39, 0.29) is 5.97 Å². The average molecular weight is 381 g/mol. The Kier molecular flexibility index (Phi) is 6.99. The highest BCUT2D eigenvalue weighted by Crippen LogP contribution is 2.22. The maximum Gasteiger partial charge on any atom is 0.367 e. The van der Waals surface area contributed by atoms with E-state index in [1.54, 1.807) is 6.92 Å². The third-order valence-corrected chi connectivity index (χ3v) is 4.96. The van der Waals surface area contributed by atoms with Gasteiger partial charge in [-0.15, -0.1) is 11.3 Å². The quantitative estimate of drug-likeness (QED) is 0.485. The minimum atomic E-state index is -0.339. The maximum absolute atomic E-state index is 11.7. The molecule has 3 aromatic rings. The fourth-order valence-corrected chi connectivity index (χ4v) is 3.50. The van der Waals surface area contributed by atoms with E-state index in [9.17, 15) is 4.79 Å². The number of hydrogen-bond acceptors (Lipinski definition) is 5. The summed E-state index contributed by atoms with van der Waals surface area (Å²) in [7, 11) is 0. The van der Waals surface area contributed by atoms with Crippen molar-refractivity contribution in [1.82, 2.24) is 4.98 Å². The highest BCUT2D eigenvalue weighted by atomic mass is 32.1. The van der Waals surface area contributed by atoms with Crippen molar-refractivity contribution in [2.75, 3.05) is 6.61 Å². The normalized spacial score (nSPS) is 10.6. The summed E-state index contributed by atoms with van der Waals surface area (Å²) in [6.45, 7) is 2.73. The Morgan fingerprint density at radius 2 is 1.81 bits per heavy atom. The molecule has 4 nitrogen and oxygen atoms in total. The third-order valence-electron chi connectivity index (χ3n) is 4.09. The summed E-state index contributed by atoms with van der Waals surface area (Å²) in [4.78, 5) is 16.1. The van der Waals surface area contributed by atoms with E-state index in [1.165, 1.54) is 16.9 Å². The predicted octanol–water partition coefficient (Wildman–Crippen LogP) is 5.07. The van der Waals surface area contributed by atoms with Gasteiger partial charge in [-0.3, -0.25) is 0 Å². The second-order valence-electron chi connectivity index (χ2n) is 6.10. The van der Waals surface area contributed by atoms with Crippen LogP contribution >= 0.6 is 11.3 Å². The first kappa shape index (κ1) is 19.1. The third kappa shape index (κ3) is 5.66. The van der Waals surface area contributed by atoms with Crippen LogP contribution in [0.2, 0.25) is 0 Å². The number of aromatic nitrogens is 1. The molecule has 0 fully saturated rings. The summed E-state index contributed by atoms with van der Waals surface area (Å²) in [5, 5.41) is 2.36. The number of thiazole rings is 1. The molecule has 0 aliphatic heterocycles. The number of rotatable bonds is 9. The van der Waals surface area contributed by atoms with Crippen LogP contribution in [0, 0.1) is 0 Å². The molecule has 3 rings (SSSR count). The summed E-state index contributed by atoms with van der Waals surface area (Å²) in [5.74, 6) is 0.584. The standard InChI is InChI=1S/C22H23NO3S/c1-2-25-22(24)21-23-19(16-27-21)13-8-12-18-11-6-7-14-20(18)26-15-17-9-4-3-5-10-17/h3-7,9-11,14,16H,2,8,12-13,15H2,1H3. The van der Waals surface area contributed by atoms with Gasteiger partial charge < -0.3 is 9.47 Å². The largest absolute Gasteiger partial charge is 0.489 e. The van der Waals surface area contributed by atoms with Gasteiger partial charge in [0.25, 0.3) is 0 Å². The molecule has 0 spiro atoms. The highest BCUT2D eigenvalue weighted by molar-refractivity contribution is 7.11. The van der Waals surface area contributed by atoms with Crippen molar-refractivity contribution in [3.05, 3.63) is 81.8 Å². The van der Waals surface area contributed by atoms with E-state index >= 15 is 0 Å². The van der Waals surface area contributed by atoms with Crippen molar-refractivity contribution >= 4 is 17.3 Å². The molecule has 0 bridgehead atoms. The van der Waals surface area contributed by atoms with Gasteiger partial charge in [-0.1, -0.05) is 48.5 Å². The summed E-state index contributed by atoms with van der Waals surface area (Å²) in [6, 6.07) is 18.3. The predicted molar refractivity (Wildman–Crippen MR) is 107 cm³/mol. The van der Waals surface area contributed by atoms with Gasteiger partial charge in [0, 0.05) is 5.38 Å². The number of hydrogen-bond donors (Lipinski definition) is 0. The highest BCUT2D eigenvalue weighted by Gasteiger charge is 2.12. The van der Waals surface area contributed by atoms with Gasteiger partial charge in [-0.2, -0.15) is 0 Å². The lowest BCUT2D eigenvalue weighted by molar-refractivity contribution is 0.0525. The van der Waals surface area contributed by atoms with Gasteiger partial charge in [-0.05, 0) is 43.4 Å². The zero-order chi connectivity index (χ0) is 18.9. The van der Waals surface area contributed by atoms with Crippen molar-refractivity contribution < 1.29 is 14.3 Å². The van der Waals surface area contributed by atoms with Crippen molar-refractivity contribution in [3.63, 3.8) is 0 Å². The molecule has 2 aromatic carbocycles. The molecule has 1 heterocycles. The number of carbonyl (C=O) groups excluding carboxylic acids is 1. The Hall–Kier alpha value is -2.66. The van der Waals surface area contributed by atoms with Gasteiger partial charge in [0.1, 0.15) is 12.4 Å². The molecule has 0 radical (unpaired) electrons. The van der Waals surface area contributed by atoms with E-state index in [0.29, 0.717) is 18.2 Å². The number of ether oxygens (including phenoxy) is 2. The van der Waals surface area contributed by atoms with E-state index in [1.807, 2.05) is 41.8 Å². The van der Waals surface area contributed by atoms with Crippen LogP contribution < -0.4 is 4.74 Å². The van der Waals surface area contributed by atoms with Crippen LogP contribution in [0.3, 0.4) is 0 Å². The molecule has 0 saturated carbocycles. The van der Waals surface area contributed by atoms with E-state index in [0.717, 1.165) is 36.3 Å². The van der Waals surface area contributed by atoms with Crippen LogP contribution in [0.1, 0.15) is 40.0 Å². The second-order valence-corrected chi connectivity index (χ2v) is 6.96. The second kappa shape index (κ2) is 9.88. The minimum Gasteiger partial charge on any atom is -0.489 e. The van der Waals surface area contributed by atoms with Crippen LogP contribution in [0.15, 0.2) is 60.0 Å². The van der Waals surface area contributed by atoms with E-state index < -0.39 is 0 Å². The van der Waals surface area contributed by atoms with Crippen LogP contribution in [-0.2, 0) is 24.2 Å². The zero-order valence-corrected chi connectivity index (χ0v) is 16.2. The number of aryl methyl sites for hydroxylation is 2. The van der Waals surface area contributed by atoms with Crippen LogP contribution in [0.4, 0.5) is 0 Å². The molecule has 140 valence electrons. The summed E-state index contributed by atoms with van der Waals surface area (Å²) >= 11 is 1.34. The van der Waals surface area contributed by atoms with Gasteiger partial charge in [-0.25, -0.2) is 9.78 Å².